The Morgan fingerprint density at radius 3 is 2.65 bits per heavy atom. The van der Waals surface area contributed by atoms with E-state index in [1.54, 1.807) is 12.1 Å². The van der Waals surface area contributed by atoms with Crippen molar-refractivity contribution < 1.29 is 4.79 Å². The van der Waals surface area contributed by atoms with Gasteiger partial charge in [0.25, 0.3) is 0 Å². The molecule has 0 aromatic heterocycles. The van der Waals surface area contributed by atoms with E-state index in [1.165, 1.54) is 19.3 Å². The van der Waals surface area contributed by atoms with Crippen molar-refractivity contribution in [1.29, 1.82) is 0 Å². The molecule has 0 radical (unpaired) electrons. The Kier molecular flexibility index (Phi) is 5.93. The van der Waals surface area contributed by atoms with Crippen LogP contribution in [0.15, 0.2) is 29.8 Å². The van der Waals surface area contributed by atoms with Crippen LogP contribution in [0, 0.1) is 0 Å². The number of nitrogens with two attached hydrogens (primary N) is 1. The number of amidine groups is 1. The number of nitrogens with one attached hydrogen (secondary N) is 1. The molecule has 0 bridgehead atoms. The van der Waals surface area contributed by atoms with Crippen LogP contribution >= 0.6 is 0 Å². The van der Waals surface area contributed by atoms with E-state index >= 15 is 0 Å². The zero-order valence-corrected chi connectivity index (χ0v) is 14.1. The number of aliphatic imine (C=N–C) groups is 1. The number of piperidine rings is 1. The van der Waals surface area contributed by atoms with Crippen molar-refractivity contribution >= 4 is 23.1 Å². The molecule has 1 aromatic carbocycles. The summed E-state index contributed by atoms with van der Waals surface area (Å²) in [6.07, 6.45) is 3.81. The van der Waals surface area contributed by atoms with E-state index in [9.17, 15) is 4.79 Å². The van der Waals surface area contributed by atoms with Gasteiger partial charge in [0.15, 0.2) is 0 Å². The van der Waals surface area contributed by atoms with E-state index in [2.05, 4.69) is 21.8 Å². The molecule has 3 N–H and O–H groups in total. The SMILES string of the molecule is C=C1NC(CN2CCCCC2)=Nc2cccc(C(N)=O)c21.CC. The lowest BCUT2D eigenvalue weighted by molar-refractivity contribution is 0.1000. The third-order valence-electron chi connectivity index (χ3n) is 3.98. The fourth-order valence-corrected chi connectivity index (χ4v) is 2.97. The molecule has 1 amide bonds. The lowest BCUT2D eigenvalue weighted by atomic mass is 10.0. The van der Waals surface area contributed by atoms with Gasteiger partial charge in [0.1, 0.15) is 5.84 Å². The fraction of sp³-hybridized carbons (Fsp3) is 0.444. The fourth-order valence-electron chi connectivity index (χ4n) is 2.97. The number of carbonyl (C=O) groups excluding carboxylic acids is 1. The van der Waals surface area contributed by atoms with Crippen molar-refractivity contribution in [3.8, 4) is 0 Å². The van der Waals surface area contributed by atoms with Crippen molar-refractivity contribution in [2.24, 2.45) is 10.7 Å². The molecule has 0 saturated carbocycles. The number of nitrogens with zero attached hydrogens (tertiary/aromatic N) is 2. The van der Waals surface area contributed by atoms with Crippen molar-refractivity contribution in [2.45, 2.75) is 33.1 Å². The molecule has 1 aromatic rings. The molecular weight excluding hydrogens is 288 g/mol. The van der Waals surface area contributed by atoms with E-state index in [1.807, 2.05) is 19.9 Å². The zero-order chi connectivity index (χ0) is 16.8. The van der Waals surface area contributed by atoms with Gasteiger partial charge in [0.2, 0.25) is 5.91 Å². The number of benzene rings is 1. The van der Waals surface area contributed by atoms with Gasteiger partial charge >= 0.3 is 0 Å². The first-order chi connectivity index (χ1) is 11.1. The van der Waals surface area contributed by atoms with Crippen molar-refractivity contribution in [1.82, 2.24) is 10.2 Å². The van der Waals surface area contributed by atoms with Crippen molar-refractivity contribution in [3.63, 3.8) is 0 Å². The summed E-state index contributed by atoms with van der Waals surface area (Å²) in [7, 11) is 0. The van der Waals surface area contributed by atoms with Crippen molar-refractivity contribution in [3.05, 3.63) is 35.9 Å². The minimum atomic E-state index is -0.454. The summed E-state index contributed by atoms with van der Waals surface area (Å²) in [6.45, 7) is 11.0. The zero-order valence-electron chi connectivity index (χ0n) is 14.1. The summed E-state index contributed by atoms with van der Waals surface area (Å²) in [4.78, 5) is 18.5. The first-order valence-electron chi connectivity index (χ1n) is 8.34. The molecule has 124 valence electrons. The average Bonchev–Trinajstić information content (AvgIpc) is 2.57. The van der Waals surface area contributed by atoms with Crippen LogP contribution in [0.2, 0.25) is 0 Å². The Bertz CT molecular complexity index is 615. The van der Waals surface area contributed by atoms with Crippen LogP contribution in [0.3, 0.4) is 0 Å². The molecule has 1 saturated heterocycles. The van der Waals surface area contributed by atoms with Gasteiger partial charge in [-0.3, -0.25) is 9.69 Å². The molecule has 0 aliphatic carbocycles. The minimum absolute atomic E-state index is 0.454. The van der Waals surface area contributed by atoms with E-state index in [0.29, 0.717) is 16.8 Å². The smallest absolute Gasteiger partial charge is 0.249 e. The van der Waals surface area contributed by atoms with Crippen LogP contribution in [0.1, 0.15) is 49.0 Å². The molecule has 5 heteroatoms. The van der Waals surface area contributed by atoms with Crippen LogP contribution in [-0.2, 0) is 0 Å². The lowest BCUT2D eigenvalue weighted by Crippen LogP contribution is -2.40. The van der Waals surface area contributed by atoms with Crippen LogP contribution in [0.4, 0.5) is 5.69 Å². The highest BCUT2D eigenvalue weighted by atomic mass is 16.1. The molecular formula is C18H26N4O. The number of amides is 1. The van der Waals surface area contributed by atoms with Crippen LogP contribution in [-0.4, -0.2) is 36.3 Å². The van der Waals surface area contributed by atoms with Gasteiger partial charge in [-0.05, 0) is 38.1 Å². The van der Waals surface area contributed by atoms with Gasteiger partial charge in [-0.15, -0.1) is 0 Å². The summed E-state index contributed by atoms with van der Waals surface area (Å²) < 4.78 is 0. The maximum Gasteiger partial charge on any atom is 0.249 e. The normalized spacial score (nSPS) is 17.3. The first kappa shape index (κ1) is 17.2. The van der Waals surface area contributed by atoms with Crippen LogP contribution in [0.5, 0.6) is 0 Å². The second kappa shape index (κ2) is 7.92. The summed E-state index contributed by atoms with van der Waals surface area (Å²) >= 11 is 0. The Hall–Kier alpha value is -2.14. The number of fused-ring (bicyclic) bond motifs is 1. The van der Waals surface area contributed by atoms with Gasteiger partial charge in [-0.25, -0.2) is 4.99 Å². The highest BCUT2D eigenvalue weighted by Gasteiger charge is 2.22. The van der Waals surface area contributed by atoms with Gasteiger partial charge < -0.3 is 11.1 Å². The lowest BCUT2D eigenvalue weighted by Gasteiger charge is -2.29. The van der Waals surface area contributed by atoms with E-state index in [0.717, 1.165) is 31.2 Å². The minimum Gasteiger partial charge on any atom is -0.366 e. The second-order valence-electron chi connectivity index (χ2n) is 5.56. The largest absolute Gasteiger partial charge is 0.366 e. The summed E-state index contributed by atoms with van der Waals surface area (Å²) in [6, 6.07) is 5.41. The molecule has 0 atom stereocenters. The maximum absolute atomic E-state index is 11.5. The molecule has 1 fully saturated rings. The number of hydrogen-bond acceptors (Lipinski definition) is 4. The molecule has 23 heavy (non-hydrogen) atoms. The maximum atomic E-state index is 11.5. The predicted molar refractivity (Wildman–Crippen MR) is 95.9 cm³/mol. The summed E-state index contributed by atoms with van der Waals surface area (Å²) in [5.74, 6) is 0.431. The van der Waals surface area contributed by atoms with E-state index in [-0.39, 0.29) is 0 Å². The van der Waals surface area contributed by atoms with Gasteiger partial charge in [-0.1, -0.05) is 32.9 Å². The van der Waals surface area contributed by atoms with Gasteiger partial charge in [0, 0.05) is 11.3 Å². The third kappa shape index (κ3) is 3.99. The van der Waals surface area contributed by atoms with Crippen LogP contribution < -0.4 is 11.1 Å². The number of hydrogen-bond donors (Lipinski definition) is 2. The quantitative estimate of drug-likeness (QED) is 0.901. The second-order valence-corrected chi connectivity index (χ2v) is 5.56. The van der Waals surface area contributed by atoms with Gasteiger partial charge in [-0.2, -0.15) is 0 Å². The highest BCUT2D eigenvalue weighted by molar-refractivity contribution is 6.05. The number of primary amides is 1. The van der Waals surface area contributed by atoms with Gasteiger partial charge in [0.05, 0.1) is 17.8 Å². The number of carbonyl (C=O) groups is 1. The van der Waals surface area contributed by atoms with Crippen LogP contribution in [0.25, 0.3) is 5.70 Å². The van der Waals surface area contributed by atoms with E-state index < -0.39 is 5.91 Å². The molecule has 2 aliphatic rings. The standard InChI is InChI=1S/C16H20N4O.C2H6/c1-11-15-12(16(17)21)6-5-7-13(15)19-14(18-11)10-20-8-3-2-4-9-20;1-2/h5-7H,1-4,8-10H2,(H2,17,21)(H,18,19);1-2H3. The Labute approximate surface area is 138 Å². The average molecular weight is 314 g/mol. The summed E-state index contributed by atoms with van der Waals surface area (Å²) in [5.41, 5.74) is 8.06. The monoisotopic (exact) mass is 314 g/mol. The third-order valence-corrected chi connectivity index (χ3v) is 3.98. The highest BCUT2D eigenvalue weighted by Crippen LogP contribution is 2.31. The van der Waals surface area contributed by atoms with Crippen molar-refractivity contribution in [2.75, 3.05) is 19.6 Å². The van der Waals surface area contributed by atoms with E-state index in [4.69, 9.17) is 5.73 Å². The number of rotatable bonds is 3. The molecule has 3 rings (SSSR count). The molecule has 2 heterocycles. The molecule has 0 unspecified atom stereocenters. The molecule has 0 spiro atoms. The first-order valence-corrected chi connectivity index (χ1v) is 8.34. The Morgan fingerprint density at radius 2 is 2.00 bits per heavy atom. The molecule has 5 nitrogen and oxygen atoms in total. The Morgan fingerprint density at radius 1 is 1.30 bits per heavy atom. The Balaban J connectivity index is 0.000000924. The topological polar surface area (TPSA) is 70.7 Å². The number of likely N-dealkylation sites (tertiary alicyclic amines) is 1. The summed E-state index contributed by atoms with van der Waals surface area (Å²) in [5, 5.41) is 3.22. The predicted octanol–water partition coefficient (Wildman–Crippen LogP) is 2.90. The molecule has 2 aliphatic heterocycles.